The summed E-state index contributed by atoms with van der Waals surface area (Å²) >= 11 is 0. The summed E-state index contributed by atoms with van der Waals surface area (Å²) in [5.74, 6) is -3.27. The number of hydrogen-bond donors (Lipinski definition) is 0. The summed E-state index contributed by atoms with van der Waals surface area (Å²) in [5, 5.41) is 0. The molecule has 0 aromatic carbocycles. The zero-order valence-electron chi connectivity index (χ0n) is 7.76. The van der Waals surface area contributed by atoms with Gasteiger partial charge in [-0.1, -0.05) is 0 Å². The Labute approximate surface area is 90.0 Å². The average molecular weight is 259 g/mol. The number of pyridine rings is 1. The number of carbonyl (C=O) groups is 1. The van der Waals surface area contributed by atoms with Gasteiger partial charge >= 0.3 is 6.36 Å². The largest absolute Gasteiger partial charge is 0.573 e. The van der Waals surface area contributed by atoms with Gasteiger partial charge in [0.2, 0.25) is 0 Å². The quantitative estimate of drug-likeness (QED) is 0.618. The molecule has 0 aliphatic carbocycles. The van der Waals surface area contributed by atoms with Crippen LogP contribution in [-0.2, 0) is 0 Å². The van der Waals surface area contributed by atoms with Crippen molar-refractivity contribution in [1.82, 2.24) is 4.98 Å². The number of alkyl halides is 5. The lowest BCUT2D eigenvalue weighted by molar-refractivity contribution is -0.275. The second-order valence-electron chi connectivity index (χ2n) is 2.70. The van der Waals surface area contributed by atoms with E-state index in [1.807, 2.05) is 0 Å². The van der Waals surface area contributed by atoms with Gasteiger partial charge in [-0.05, 0) is 0 Å². The summed E-state index contributed by atoms with van der Waals surface area (Å²) in [5.41, 5.74) is -2.51. The van der Waals surface area contributed by atoms with Crippen molar-refractivity contribution in [3.05, 3.63) is 23.3 Å². The van der Waals surface area contributed by atoms with E-state index >= 15 is 0 Å². The lowest BCUT2D eigenvalue weighted by Gasteiger charge is -2.11. The minimum Gasteiger partial charge on any atom is -0.401 e. The molecular weight excluding hydrogens is 256 g/mol. The maximum atomic E-state index is 13.2. The molecule has 0 fully saturated rings. The molecule has 0 radical (unpaired) electrons. The van der Waals surface area contributed by atoms with E-state index in [0.717, 1.165) is 0 Å². The van der Waals surface area contributed by atoms with Gasteiger partial charge in [0, 0.05) is 0 Å². The van der Waals surface area contributed by atoms with Crippen molar-refractivity contribution < 1.29 is 35.9 Å². The lowest BCUT2D eigenvalue weighted by Crippen LogP contribution is -2.19. The van der Waals surface area contributed by atoms with E-state index in [9.17, 15) is 31.1 Å². The van der Waals surface area contributed by atoms with Crippen molar-refractivity contribution in [2.45, 2.75) is 12.8 Å². The van der Waals surface area contributed by atoms with Crippen molar-refractivity contribution in [3.8, 4) is 5.75 Å². The first-order valence-corrected chi connectivity index (χ1v) is 3.93. The van der Waals surface area contributed by atoms with Gasteiger partial charge in [-0.3, -0.25) is 9.78 Å². The van der Waals surface area contributed by atoms with Gasteiger partial charge in [-0.2, -0.15) is 0 Å². The molecule has 94 valence electrons. The molecule has 0 atom stereocenters. The topological polar surface area (TPSA) is 39.2 Å². The Hall–Kier alpha value is -1.80. The molecule has 1 aromatic rings. The van der Waals surface area contributed by atoms with Crippen LogP contribution < -0.4 is 4.74 Å². The Balaban J connectivity index is 3.25. The second-order valence-corrected chi connectivity index (χ2v) is 2.70. The van der Waals surface area contributed by atoms with Crippen LogP contribution in [0.1, 0.15) is 22.5 Å². The predicted octanol–water partition coefficient (Wildman–Crippen LogP) is 2.87. The van der Waals surface area contributed by atoms with Gasteiger partial charge in [-0.15, -0.1) is 13.2 Å². The molecule has 1 aromatic heterocycles. The van der Waals surface area contributed by atoms with Gasteiger partial charge < -0.3 is 4.74 Å². The molecule has 0 bridgehead atoms. The number of rotatable bonds is 3. The summed E-state index contributed by atoms with van der Waals surface area (Å²) in [7, 11) is 0. The molecular formula is C8H3F6NO2. The number of carbonyl (C=O) groups excluding carboxylic acids is 1. The lowest BCUT2D eigenvalue weighted by atomic mass is 10.2. The molecule has 0 aliphatic rings. The molecule has 0 unspecified atom stereocenters. The third-order valence-electron chi connectivity index (χ3n) is 1.60. The summed E-state index contributed by atoms with van der Waals surface area (Å²) in [4.78, 5) is 13.2. The molecule has 0 saturated heterocycles. The Bertz CT molecular complexity index is 431. The Kier molecular flexibility index (Phi) is 3.59. The first-order chi connectivity index (χ1) is 7.76. The molecule has 0 amide bonds. The maximum absolute atomic E-state index is 13.2. The molecule has 9 heteroatoms. The molecule has 1 heterocycles. The first-order valence-electron chi connectivity index (χ1n) is 3.93. The summed E-state index contributed by atoms with van der Waals surface area (Å²) in [6.45, 7) is 0. The summed E-state index contributed by atoms with van der Waals surface area (Å²) < 4.78 is 76.1. The minimum atomic E-state index is -5.21. The van der Waals surface area contributed by atoms with E-state index < -0.39 is 35.6 Å². The Morgan fingerprint density at radius 3 is 2.35 bits per heavy atom. The fourth-order valence-corrected chi connectivity index (χ4v) is 0.981. The normalized spacial score (nSPS) is 11.7. The highest BCUT2D eigenvalue weighted by Gasteiger charge is 2.34. The van der Waals surface area contributed by atoms with Crippen LogP contribution in [0.25, 0.3) is 0 Å². The third-order valence-corrected chi connectivity index (χ3v) is 1.60. The monoisotopic (exact) mass is 259 g/mol. The molecule has 1 rings (SSSR count). The molecule has 0 aliphatic heterocycles. The van der Waals surface area contributed by atoms with E-state index in [0.29, 0.717) is 0 Å². The van der Waals surface area contributed by atoms with Crippen LogP contribution >= 0.6 is 0 Å². The van der Waals surface area contributed by atoms with Gasteiger partial charge in [0.25, 0.3) is 6.43 Å². The number of aldehydes is 1. The molecule has 0 N–H and O–H groups in total. The van der Waals surface area contributed by atoms with Crippen LogP contribution in [0.3, 0.4) is 0 Å². The van der Waals surface area contributed by atoms with Crippen LogP contribution in [0, 0.1) is 5.82 Å². The number of hydrogen-bond acceptors (Lipinski definition) is 3. The Morgan fingerprint density at radius 1 is 1.35 bits per heavy atom. The van der Waals surface area contributed by atoms with Crippen molar-refractivity contribution >= 4 is 6.29 Å². The van der Waals surface area contributed by atoms with Gasteiger partial charge in [0.05, 0.1) is 11.8 Å². The second kappa shape index (κ2) is 4.60. The average Bonchev–Trinajstić information content (AvgIpc) is 2.18. The zero-order chi connectivity index (χ0) is 13.2. The van der Waals surface area contributed by atoms with Crippen LogP contribution in [0.4, 0.5) is 26.3 Å². The van der Waals surface area contributed by atoms with Crippen molar-refractivity contribution in [2.24, 2.45) is 0 Å². The smallest absolute Gasteiger partial charge is 0.401 e. The van der Waals surface area contributed by atoms with E-state index in [1.165, 1.54) is 0 Å². The number of nitrogens with zero attached hydrogens (tertiary/aromatic N) is 1. The molecule has 3 nitrogen and oxygen atoms in total. The highest BCUT2D eigenvalue weighted by Crippen LogP contribution is 2.30. The van der Waals surface area contributed by atoms with E-state index in [4.69, 9.17) is 0 Å². The predicted molar refractivity (Wildman–Crippen MR) is 41.2 cm³/mol. The number of ether oxygens (including phenoxy) is 1. The molecule has 17 heavy (non-hydrogen) atoms. The van der Waals surface area contributed by atoms with Crippen molar-refractivity contribution in [3.63, 3.8) is 0 Å². The van der Waals surface area contributed by atoms with E-state index in [1.54, 1.807) is 0 Å². The fraction of sp³-hybridized carbons (Fsp3) is 0.250. The fourth-order valence-electron chi connectivity index (χ4n) is 0.981. The highest BCUT2D eigenvalue weighted by molar-refractivity contribution is 5.77. The first kappa shape index (κ1) is 13.3. The zero-order valence-corrected chi connectivity index (χ0v) is 7.76. The standard InChI is InChI=1S/C8H3F6NO2/c9-5-3(2-16)6(7(10)11)15-1-4(5)17-8(12,13)14/h1-2,7H. The molecule has 0 saturated carbocycles. The minimum absolute atomic E-state index is 0.136. The number of halogens is 6. The van der Waals surface area contributed by atoms with E-state index in [-0.39, 0.29) is 12.5 Å². The highest BCUT2D eigenvalue weighted by atomic mass is 19.4. The maximum Gasteiger partial charge on any atom is 0.573 e. The number of aromatic nitrogens is 1. The van der Waals surface area contributed by atoms with Crippen LogP contribution in [-0.4, -0.2) is 17.6 Å². The summed E-state index contributed by atoms with van der Waals surface area (Å²) in [6.07, 6.45) is -8.72. The van der Waals surface area contributed by atoms with Crippen molar-refractivity contribution in [1.29, 1.82) is 0 Å². The van der Waals surface area contributed by atoms with Gasteiger partial charge in [0.15, 0.2) is 17.9 Å². The van der Waals surface area contributed by atoms with Crippen LogP contribution in [0.5, 0.6) is 5.75 Å². The summed E-state index contributed by atoms with van der Waals surface area (Å²) in [6, 6.07) is 0. The van der Waals surface area contributed by atoms with Gasteiger partial charge in [-0.25, -0.2) is 13.2 Å². The Morgan fingerprint density at radius 2 is 1.94 bits per heavy atom. The van der Waals surface area contributed by atoms with E-state index in [2.05, 4.69) is 9.72 Å². The van der Waals surface area contributed by atoms with Crippen LogP contribution in [0.15, 0.2) is 6.20 Å². The van der Waals surface area contributed by atoms with Crippen molar-refractivity contribution in [2.75, 3.05) is 0 Å². The van der Waals surface area contributed by atoms with Gasteiger partial charge in [0.1, 0.15) is 5.69 Å². The SMILES string of the molecule is O=Cc1c(C(F)F)ncc(OC(F)(F)F)c1F. The molecule has 0 spiro atoms. The van der Waals surface area contributed by atoms with Crippen LogP contribution in [0.2, 0.25) is 0 Å². The third kappa shape index (κ3) is 3.08.